The number of rotatable bonds is 2. The van der Waals surface area contributed by atoms with Crippen LogP contribution in [0.1, 0.15) is 36.1 Å². The van der Waals surface area contributed by atoms with E-state index in [4.69, 9.17) is 0 Å². The summed E-state index contributed by atoms with van der Waals surface area (Å²) in [5.74, 6) is 0.407. The third-order valence-electron chi connectivity index (χ3n) is 4.96. The molecule has 1 saturated heterocycles. The smallest absolute Gasteiger partial charge is 0.138 e. The molecule has 1 unspecified atom stereocenters. The van der Waals surface area contributed by atoms with Gasteiger partial charge in [-0.15, -0.1) is 0 Å². The molecule has 3 heteroatoms. The summed E-state index contributed by atoms with van der Waals surface area (Å²) in [6.45, 7) is 6.27. The fraction of sp³-hybridized carbons (Fsp3) is 0.471. The number of ketones is 1. The van der Waals surface area contributed by atoms with E-state index in [2.05, 4.69) is 35.6 Å². The first kappa shape index (κ1) is 12.0. The van der Waals surface area contributed by atoms with Gasteiger partial charge in [0.1, 0.15) is 5.78 Å². The predicted molar refractivity (Wildman–Crippen MR) is 81.6 cm³/mol. The highest BCUT2D eigenvalue weighted by atomic mass is 16.1. The Labute approximate surface area is 119 Å². The number of Topliss-reactive ketones (excluding diaryl/α,β-unsaturated/α-hetero) is 1. The van der Waals surface area contributed by atoms with Crippen molar-refractivity contribution in [1.82, 2.24) is 4.57 Å². The highest BCUT2D eigenvalue weighted by Crippen LogP contribution is 2.42. The minimum absolute atomic E-state index is 0.104. The summed E-state index contributed by atoms with van der Waals surface area (Å²) >= 11 is 0. The second-order valence-corrected chi connectivity index (χ2v) is 6.27. The van der Waals surface area contributed by atoms with Crippen molar-refractivity contribution in [3.05, 3.63) is 29.0 Å². The molecule has 0 radical (unpaired) electrons. The van der Waals surface area contributed by atoms with E-state index in [9.17, 15) is 4.79 Å². The van der Waals surface area contributed by atoms with Gasteiger partial charge in [0.15, 0.2) is 0 Å². The van der Waals surface area contributed by atoms with Crippen molar-refractivity contribution in [3.63, 3.8) is 0 Å². The Morgan fingerprint density at radius 3 is 2.70 bits per heavy atom. The minimum Gasteiger partial charge on any atom is -0.368 e. The van der Waals surface area contributed by atoms with Gasteiger partial charge < -0.3 is 9.47 Å². The lowest BCUT2D eigenvalue weighted by molar-refractivity contribution is -0.118. The molecule has 2 heterocycles. The van der Waals surface area contributed by atoms with Crippen molar-refractivity contribution >= 4 is 22.4 Å². The highest BCUT2D eigenvalue weighted by Gasteiger charge is 2.32. The van der Waals surface area contributed by atoms with Crippen LogP contribution in [0.25, 0.3) is 10.9 Å². The van der Waals surface area contributed by atoms with Crippen molar-refractivity contribution < 1.29 is 4.79 Å². The predicted octanol–water partition coefficient (Wildman–Crippen LogP) is 2.93. The number of benzene rings is 1. The number of hydrogen-bond donors (Lipinski definition) is 0. The van der Waals surface area contributed by atoms with Crippen LogP contribution in [0.3, 0.4) is 0 Å². The van der Waals surface area contributed by atoms with E-state index in [1.807, 2.05) is 0 Å². The molecule has 104 valence electrons. The maximum absolute atomic E-state index is 11.9. The van der Waals surface area contributed by atoms with Crippen LogP contribution in [-0.2, 0) is 18.3 Å². The average Bonchev–Trinajstić information content (AvgIpc) is 3.09. The first-order chi connectivity index (χ1) is 9.58. The lowest BCUT2D eigenvalue weighted by atomic mass is 10.0. The Morgan fingerprint density at radius 2 is 2.05 bits per heavy atom. The first-order valence-electron chi connectivity index (χ1n) is 7.45. The van der Waals surface area contributed by atoms with E-state index in [1.165, 1.54) is 46.5 Å². The van der Waals surface area contributed by atoms with Gasteiger partial charge in [-0.25, -0.2) is 0 Å². The third-order valence-corrected chi connectivity index (χ3v) is 4.96. The highest BCUT2D eigenvalue weighted by molar-refractivity contribution is 5.94. The zero-order valence-electron chi connectivity index (χ0n) is 12.4. The summed E-state index contributed by atoms with van der Waals surface area (Å²) in [7, 11) is 2.11. The summed E-state index contributed by atoms with van der Waals surface area (Å²) in [4.78, 5) is 14.3. The van der Waals surface area contributed by atoms with E-state index >= 15 is 0 Å². The Balaban J connectivity index is 1.98. The standard InChI is InChI=1S/C17H20N2O/c1-10-8-14-13-5-4-12(11(2)20)17(13)18(3)16(14)9-15(10)19-6-7-19/h8-9,12H,4-7H2,1-3H3. The third kappa shape index (κ3) is 1.49. The normalized spacial score (nSPS) is 20.6. The monoisotopic (exact) mass is 268 g/mol. The number of aryl methyl sites for hydroxylation is 3. The van der Waals surface area contributed by atoms with Gasteiger partial charge in [0, 0.05) is 36.9 Å². The molecule has 1 aliphatic carbocycles. The number of fused-ring (bicyclic) bond motifs is 3. The van der Waals surface area contributed by atoms with Crippen LogP contribution in [0.15, 0.2) is 12.1 Å². The SMILES string of the molecule is CC(=O)C1CCc2c1n(C)c1cc(N3CC3)c(C)cc21. The number of hydrogen-bond acceptors (Lipinski definition) is 2. The molecule has 3 nitrogen and oxygen atoms in total. The second kappa shape index (κ2) is 3.87. The van der Waals surface area contributed by atoms with Crippen LogP contribution < -0.4 is 4.90 Å². The molecule has 1 atom stereocenters. The van der Waals surface area contributed by atoms with Crippen molar-refractivity contribution in [2.24, 2.45) is 7.05 Å². The lowest BCUT2D eigenvalue weighted by Crippen LogP contribution is -2.09. The van der Waals surface area contributed by atoms with E-state index in [0.29, 0.717) is 5.78 Å². The molecule has 1 fully saturated rings. The molecule has 4 rings (SSSR count). The van der Waals surface area contributed by atoms with Crippen LogP contribution >= 0.6 is 0 Å². The van der Waals surface area contributed by atoms with Gasteiger partial charge in [-0.3, -0.25) is 4.79 Å². The number of aromatic nitrogens is 1. The average molecular weight is 268 g/mol. The Hall–Kier alpha value is -1.77. The molecule has 2 aliphatic rings. The van der Waals surface area contributed by atoms with E-state index in [-0.39, 0.29) is 5.92 Å². The molecule has 0 amide bonds. The van der Waals surface area contributed by atoms with E-state index in [1.54, 1.807) is 6.92 Å². The Bertz CT molecular complexity index is 737. The molecule has 2 aromatic rings. The van der Waals surface area contributed by atoms with Crippen LogP contribution in [0, 0.1) is 6.92 Å². The Kier molecular flexibility index (Phi) is 2.33. The fourth-order valence-electron chi connectivity index (χ4n) is 3.83. The van der Waals surface area contributed by atoms with Gasteiger partial charge in [-0.05, 0) is 49.9 Å². The molecule has 1 aromatic heterocycles. The molecule has 0 saturated carbocycles. The lowest BCUT2D eigenvalue weighted by Gasteiger charge is -2.11. The van der Waals surface area contributed by atoms with E-state index in [0.717, 1.165) is 12.8 Å². The number of nitrogens with zero attached hydrogens (tertiary/aromatic N) is 2. The largest absolute Gasteiger partial charge is 0.368 e. The maximum Gasteiger partial charge on any atom is 0.138 e. The van der Waals surface area contributed by atoms with Crippen molar-refractivity contribution in [2.45, 2.75) is 32.6 Å². The molecule has 1 aliphatic heterocycles. The van der Waals surface area contributed by atoms with Crippen molar-refractivity contribution in [3.8, 4) is 0 Å². The molecule has 20 heavy (non-hydrogen) atoms. The number of carbonyl (C=O) groups is 1. The molecule has 0 spiro atoms. The summed E-state index contributed by atoms with van der Waals surface area (Å²) in [5.41, 5.74) is 6.66. The van der Waals surface area contributed by atoms with Gasteiger partial charge in [-0.2, -0.15) is 0 Å². The van der Waals surface area contributed by atoms with Gasteiger partial charge >= 0.3 is 0 Å². The van der Waals surface area contributed by atoms with Crippen molar-refractivity contribution in [2.75, 3.05) is 18.0 Å². The fourth-order valence-corrected chi connectivity index (χ4v) is 3.83. The number of anilines is 1. The first-order valence-corrected chi connectivity index (χ1v) is 7.45. The zero-order valence-corrected chi connectivity index (χ0v) is 12.4. The van der Waals surface area contributed by atoms with Gasteiger partial charge in [0.2, 0.25) is 0 Å². The molecule has 0 N–H and O–H groups in total. The molecule has 0 bridgehead atoms. The second-order valence-electron chi connectivity index (χ2n) is 6.27. The molecular weight excluding hydrogens is 248 g/mol. The Morgan fingerprint density at radius 1 is 1.30 bits per heavy atom. The summed E-state index contributed by atoms with van der Waals surface area (Å²) in [6.07, 6.45) is 2.02. The topological polar surface area (TPSA) is 25.0 Å². The van der Waals surface area contributed by atoms with Gasteiger partial charge in [0.25, 0.3) is 0 Å². The summed E-state index contributed by atoms with van der Waals surface area (Å²) in [6, 6.07) is 4.64. The van der Waals surface area contributed by atoms with Gasteiger partial charge in [-0.1, -0.05) is 0 Å². The van der Waals surface area contributed by atoms with E-state index < -0.39 is 0 Å². The zero-order chi connectivity index (χ0) is 14.0. The molecule has 1 aromatic carbocycles. The van der Waals surface area contributed by atoms with Crippen LogP contribution in [-0.4, -0.2) is 23.4 Å². The number of carbonyl (C=O) groups excluding carboxylic acids is 1. The minimum atomic E-state index is 0.104. The quantitative estimate of drug-likeness (QED) is 0.782. The van der Waals surface area contributed by atoms with Crippen LogP contribution in [0.2, 0.25) is 0 Å². The van der Waals surface area contributed by atoms with Crippen LogP contribution in [0.4, 0.5) is 5.69 Å². The van der Waals surface area contributed by atoms with Crippen molar-refractivity contribution in [1.29, 1.82) is 0 Å². The van der Waals surface area contributed by atoms with Crippen LogP contribution in [0.5, 0.6) is 0 Å². The van der Waals surface area contributed by atoms with Gasteiger partial charge in [0.05, 0.1) is 11.4 Å². The molecular formula is C17H20N2O. The summed E-state index contributed by atoms with van der Waals surface area (Å²) < 4.78 is 2.26. The maximum atomic E-state index is 11.9. The summed E-state index contributed by atoms with van der Waals surface area (Å²) in [5, 5.41) is 1.36.